The summed E-state index contributed by atoms with van der Waals surface area (Å²) < 4.78 is 0. The standard InChI is InChI=1S/C6H12N2.C6H15N/c1-3-4-5-6(7)8-2;1-3-4-5-6-7-2/h7H,2-5H2,1H3;7H,3-6H2,1-2H3. The second kappa shape index (κ2) is 15.8. The van der Waals surface area contributed by atoms with Crippen molar-refractivity contribution in [2.75, 3.05) is 13.6 Å². The van der Waals surface area contributed by atoms with Crippen LogP contribution in [-0.2, 0) is 0 Å². The quantitative estimate of drug-likeness (QED) is 0.381. The molecule has 0 aromatic rings. The molecule has 0 saturated carbocycles. The summed E-state index contributed by atoms with van der Waals surface area (Å²) in [6.45, 7) is 8.72. The van der Waals surface area contributed by atoms with Crippen molar-refractivity contribution in [2.45, 2.75) is 52.4 Å². The van der Waals surface area contributed by atoms with Crippen LogP contribution in [0.2, 0.25) is 0 Å². The third kappa shape index (κ3) is 19.6. The van der Waals surface area contributed by atoms with Gasteiger partial charge in [0.15, 0.2) is 0 Å². The maximum Gasteiger partial charge on any atom is 0.119 e. The lowest BCUT2D eigenvalue weighted by Crippen LogP contribution is -2.06. The summed E-state index contributed by atoms with van der Waals surface area (Å²) in [4.78, 5) is 3.46. The molecule has 0 aromatic heterocycles. The molecule has 0 aromatic carbocycles. The molecule has 0 amide bonds. The molecule has 0 rings (SSSR count). The van der Waals surface area contributed by atoms with Crippen LogP contribution in [0.25, 0.3) is 0 Å². The third-order valence-electron chi connectivity index (χ3n) is 1.99. The summed E-state index contributed by atoms with van der Waals surface area (Å²) in [5, 5.41) is 10.1. The summed E-state index contributed by atoms with van der Waals surface area (Å²) in [6.07, 6.45) is 6.96. The average Bonchev–Trinajstić information content (AvgIpc) is 2.27. The largest absolute Gasteiger partial charge is 0.320 e. The Bertz CT molecular complexity index is 140. The predicted octanol–water partition coefficient (Wildman–Crippen LogP) is 3.25. The van der Waals surface area contributed by atoms with Gasteiger partial charge < -0.3 is 5.32 Å². The molecule has 0 saturated heterocycles. The molecule has 90 valence electrons. The highest BCUT2D eigenvalue weighted by Crippen LogP contribution is 1.94. The first-order valence-electron chi connectivity index (χ1n) is 5.91. The van der Waals surface area contributed by atoms with E-state index in [1.54, 1.807) is 0 Å². The van der Waals surface area contributed by atoms with Gasteiger partial charge in [-0.2, -0.15) is 0 Å². The summed E-state index contributed by atoms with van der Waals surface area (Å²) in [5.74, 6) is 0.409. The Balaban J connectivity index is 0. The van der Waals surface area contributed by atoms with Crippen LogP contribution in [0, 0.1) is 5.41 Å². The molecule has 0 bridgehead atoms. The van der Waals surface area contributed by atoms with Crippen LogP contribution in [0.3, 0.4) is 0 Å². The fraction of sp³-hybridized carbons (Fsp3) is 0.833. The van der Waals surface area contributed by atoms with Gasteiger partial charge in [0.25, 0.3) is 0 Å². The van der Waals surface area contributed by atoms with Gasteiger partial charge in [0.2, 0.25) is 0 Å². The van der Waals surface area contributed by atoms with E-state index in [0.29, 0.717) is 5.84 Å². The second-order valence-electron chi connectivity index (χ2n) is 3.52. The number of hydrogen-bond donors (Lipinski definition) is 2. The zero-order valence-electron chi connectivity index (χ0n) is 10.6. The van der Waals surface area contributed by atoms with E-state index in [1.165, 1.54) is 25.8 Å². The molecule has 0 aliphatic rings. The molecule has 3 nitrogen and oxygen atoms in total. The molecule has 0 unspecified atom stereocenters. The van der Waals surface area contributed by atoms with Gasteiger partial charge in [-0.05, 0) is 33.2 Å². The molecule has 15 heavy (non-hydrogen) atoms. The maximum absolute atomic E-state index is 7.01. The molecule has 0 heterocycles. The van der Waals surface area contributed by atoms with E-state index in [1.807, 2.05) is 7.05 Å². The summed E-state index contributed by atoms with van der Waals surface area (Å²) in [5.41, 5.74) is 0. The van der Waals surface area contributed by atoms with E-state index >= 15 is 0 Å². The van der Waals surface area contributed by atoms with Crippen molar-refractivity contribution in [1.29, 1.82) is 5.41 Å². The summed E-state index contributed by atoms with van der Waals surface area (Å²) >= 11 is 0. The van der Waals surface area contributed by atoms with Crippen molar-refractivity contribution in [3.63, 3.8) is 0 Å². The van der Waals surface area contributed by atoms with Crippen LogP contribution in [0.5, 0.6) is 0 Å². The number of aliphatic imine (C=N–C) groups is 1. The highest BCUT2D eigenvalue weighted by atomic mass is 14.8. The number of unbranched alkanes of at least 4 members (excludes halogenated alkanes) is 3. The van der Waals surface area contributed by atoms with Crippen LogP contribution in [0.4, 0.5) is 0 Å². The van der Waals surface area contributed by atoms with Gasteiger partial charge in [-0.1, -0.05) is 33.1 Å². The zero-order valence-corrected chi connectivity index (χ0v) is 10.6. The molecule has 0 fully saturated rings. The van der Waals surface area contributed by atoms with Crippen molar-refractivity contribution >= 4 is 12.6 Å². The molecule has 0 spiro atoms. The highest BCUT2D eigenvalue weighted by molar-refractivity contribution is 5.83. The normalized spacial score (nSPS) is 9.00. The number of nitrogens with zero attached hydrogens (tertiary/aromatic N) is 1. The van der Waals surface area contributed by atoms with Crippen molar-refractivity contribution in [2.24, 2.45) is 4.99 Å². The van der Waals surface area contributed by atoms with Crippen LogP contribution < -0.4 is 5.32 Å². The predicted molar refractivity (Wildman–Crippen MR) is 70.3 cm³/mol. The van der Waals surface area contributed by atoms with E-state index in [0.717, 1.165) is 19.3 Å². The van der Waals surface area contributed by atoms with Crippen molar-refractivity contribution in [1.82, 2.24) is 5.32 Å². The van der Waals surface area contributed by atoms with Gasteiger partial charge >= 0.3 is 0 Å². The Morgan fingerprint density at radius 2 is 1.80 bits per heavy atom. The van der Waals surface area contributed by atoms with Gasteiger partial charge in [0.1, 0.15) is 5.84 Å². The van der Waals surface area contributed by atoms with E-state index in [2.05, 4.69) is 30.9 Å². The lowest BCUT2D eigenvalue weighted by molar-refractivity contribution is 0.667. The number of rotatable bonds is 7. The van der Waals surface area contributed by atoms with E-state index in [9.17, 15) is 0 Å². The fourth-order valence-electron chi connectivity index (χ4n) is 0.975. The molecule has 0 radical (unpaired) electrons. The van der Waals surface area contributed by atoms with E-state index in [4.69, 9.17) is 5.41 Å². The number of hydrogen-bond acceptors (Lipinski definition) is 2. The topological polar surface area (TPSA) is 48.2 Å². The molecular formula is C12H27N3. The Kier molecular flexibility index (Phi) is 17.6. The second-order valence-corrected chi connectivity index (χ2v) is 3.52. The van der Waals surface area contributed by atoms with Crippen LogP contribution >= 0.6 is 0 Å². The summed E-state index contributed by atoms with van der Waals surface area (Å²) in [7, 11) is 2.00. The minimum Gasteiger partial charge on any atom is -0.320 e. The summed E-state index contributed by atoms with van der Waals surface area (Å²) in [6, 6.07) is 0. The van der Waals surface area contributed by atoms with E-state index < -0.39 is 0 Å². The Hall–Kier alpha value is -0.700. The van der Waals surface area contributed by atoms with Gasteiger partial charge in [-0.25, -0.2) is 4.99 Å². The Labute approximate surface area is 94.9 Å². The van der Waals surface area contributed by atoms with Crippen LogP contribution in [0.15, 0.2) is 4.99 Å². The van der Waals surface area contributed by atoms with Gasteiger partial charge in [0.05, 0.1) is 0 Å². The Morgan fingerprint density at radius 3 is 2.20 bits per heavy atom. The minimum absolute atomic E-state index is 0.409. The SMILES string of the molecule is C=NC(=N)CCCC.CCCCCNC. The van der Waals surface area contributed by atoms with Crippen LogP contribution in [0.1, 0.15) is 52.4 Å². The smallest absolute Gasteiger partial charge is 0.119 e. The first kappa shape index (κ1) is 16.7. The van der Waals surface area contributed by atoms with Crippen LogP contribution in [-0.4, -0.2) is 26.1 Å². The minimum atomic E-state index is 0.409. The lowest BCUT2D eigenvalue weighted by atomic mass is 10.2. The Morgan fingerprint density at radius 1 is 1.20 bits per heavy atom. The van der Waals surface area contributed by atoms with Gasteiger partial charge in [-0.15, -0.1) is 0 Å². The molecular weight excluding hydrogens is 186 g/mol. The molecule has 0 aliphatic carbocycles. The zero-order chi connectivity index (χ0) is 11.9. The highest BCUT2D eigenvalue weighted by Gasteiger charge is 1.87. The van der Waals surface area contributed by atoms with Crippen molar-refractivity contribution in [3.8, 4) is 0 Å². The van der Waals surface area contributed by atoms with Gasteiger partial charge in [0, 0.05) is 6.42 Å². The third-order valence-corrected chi connectivity index (χ3v) is 1.99. The van der Waals surface area contributed by atoms with Crippen molar-refractivity contribution in [3.05, 3.63) is 0 Å². The molecule has 2 N–H and O–H groups in total. The average molecular weight is 213 g/mol. The molecule has 0 atom stereocenters. The number of amidine groups is 1. The number of nitrogens with one attached hydrogen (secondary N) is 2. The van der Waals surface area contributed by atoms with E-state index in [-0.39, 0.29) is 0 Å². The fourth-order valence-corrected chi connectivity index (χ4v) is 0.975. The lowest BCUT2D eigenvalue weighted by Gasteiger charge is -1.93. The molecule has 3 heteroatoms. The first-order valence-corrected chi connectivity index (χ1v) is 5.91. The van der Waals surface area contributed by atoms with Crippen molar-refractivity contribution < 1.29 is 0 Å². The first-order chi connectivity index (χ1) is 7.22. The maximum atomic E-state index is 7.01. The monoisotopic (exact) mass is 213 g/mol. The molecule has 0 aliphatic heterocycles. The van der Waals surface area contributed by atoms with Gasteiger partial charge in [-0.3, -0.25) is 5.41 Å².